The Balaban J connectivity index is 3.53. The van der Waals surface area contributed by atoms with Crippen LogP contribution in [0, 0.1) is 0 Å². The smallest absolute Gasteiger partial charge is 0.307 e. The Bertz CT molecular complexity index is 132. The Morgan fingerprint density at radius 1 is 1.33 bits per heavy atom. The first kappa shape index (κ1) is 6.49. The van der Waals surface area contributed by atoms with E-state index in [1.165, 1.54) is 0 Å². The van der Waals surface area contributed by atoms with Crippen molar-refractivity contribution < 1.29 is 18.6 Å². The Morgan fingerprint density at radius 3 is 1.89 bits per heavy atom. The molecule has 0 heterocycles. The summed E-state index contributed by atoms with van der Waals surface area (Å²) in [6, 6.07) is 0. The number of rotatable bonds is 2. The number of carbonyl (C=O) groups excluding carboxylic acids is 2. The van der Waals surface area contributed by atoms with Gasteiger partial charge in [0.25, 0.3) is 8.98 Å². The molecule has 0 spiro atoms. The topological polar surface area (TPSA) is 52.6 Å². The zero-order valence-corrected chi connectivity index (χ0v) is 5.97. The highest BCUT2D eigenvalue weighted by molar-refractivity contribution is 7.27. The third-order valence-corrected chi connectivity index (χ3v) is 0.995. The first-order valence-corrected chi connectivity index (χ1v) is 2.91. The third-order valence-electron chi connectivity index (χ3n) is 0.332. The van der Waals surface area contributed by atoms with E-state index in [0.29, 0.717) is 0 Å². The summed E-state index contributed by atoms with van der Waals surface area (Å²) in [6.07, 6.45) is 0. The molecule has 0 aromatic carbocycles. The maximum absolute atomic E-state index is 10.1. The molecule has 0 unspecified atom stereocenters. The highest BCUT2D eigenvalue weighted by Crippen LogP contribution is 2.12. The van der Waals surface area contributed by atoms with Crippen molar-refractivity contribution in [1.29, 1.82) is 1.28 Å². The molecule has 0 aliphatic rings. The van der Waals surface area contributed by atoms with Gasteiger partial charge in [-0.3, -0.25) is 9.59 Å². The lowest BCUT2D eigenvalue weighted by molar-refractivity contribution is -0.134. The molecule has 0 radical (unpaired) electrons. The van der Waals surface area contributed by atoms with E-state index in [1.807, 2.05) is 0 Å². The van der Waals surface area contributed by atoms with Gasteiger partial charge >= 0.3 is 11.9 Å². The van der Waals surface area contributed by atoms with Gasteiger partial charge in [0.05, 0.1) is 0 Å². The predicted molar refractivity (Wildman–Crippen MR) is 31.8 cm³/mol. The van der Waals surface area contributed by atoms with E-state index in [9.17, 15) is 9.59 Å². The molecule has 0 atom stereocenters. The summed E-state index contributed by atoms with van der Waals surface area (Å²) >= 11 is 0. The monoisotopic (exact) mass is 151 g/mol. The van der Waals surface area contributed by atoms with Crippen molar-refractivity contribution in [2.24, 2.45) is 0 Å². The van der Waals surface area contributed by atoms with Crippen LogP contribution in [0.15, 0.2) is 0 Å². The highest BCUT2D eigenvalue weighted by atomic mass is 31.1. The fraction of sp³-hybridized carbons (Fsp3) is 0.500. The van der Waals surface area contributed by atoms with Crippen molar-refractivity contribution in [3.8, 4) is 0 Å². The summed E-state index contributed by atoms with van der Waals surface area (Å²) in [5.41, 5.74) is 0. The van der Waals surface area contributed by atoms with Gasteiger partial charge in [-0.15, -0.1) is 0 Å². The largest absolute Gasteiger partial charge is 0.409 e. The molecule has 52 valence electrons. The van der Waals surface area contributed by atoms with Crippen LogP contribution in [-0.4, -0.2) is 13.2 Å². The van der Waals surface area contributed by atoms with Crippen LogP contribution < -0.4 is 0 Å². The third kappa shape index (κ3) is 7.37. The lowest BCUT2D eigenvalue weighted by Crippen LogP contribution is -1.92. The molecule has 0 aliphatic carbocycles. The molecule has 5 heteroatoms. The summed E-state index contributed by atoms with van der Waals surface area (Å²) in [5, 5.41) is 0. The fourth-order valence-electron chi connectivity index (χ4n) is 0.124. The summed E-state index contributed by atoms with van der Waals surface area (Å²) < 4.78 is 15.2. The molecule has 0 bridgehead atoms. The maximum atomic E-state index is 10.1. The van der Waals surface area contributed by atoms with Gasteiger partial charge in [-0.1, -0.05) is 0 Å². The number of carbonyl (C=O) groups is 2. The van der Waals surface area contributed by atoms with E-state index in [-0.39, 0.29) is 0 Å². The number of hydrogen-bond acceptors (Lipinski definition) is 4. The number of hydrogen-bond donors (Lipinski definition) is 0. The van der Waals surface area contributed by atoms with E-state index >= 15 is 0 Å². The zero-order chi connectivity index (χ0) is 8.15. The second kappa shape index (κ2) is 4.27. The van der Waals surface area contributed by atoms with Crippen LogP contribution in [0.1, 0.15) is 13.8 Å². The lowest BCUT2D eigenvalue weighted by Gasteiger charge is -1.97. The van der Waals surface area contributed by atoms with Gasteiger partial charge in [0, 0.05) is 13.8 Å². The van der Waals surface area contributed by atoms with Crippen LogP contribution in [0.25, 0.3) is 0 Å². The molecular formula is C4H7O4P. The molecule has 0 N–H and O–H groups in total. The summed E-state index contributed by atoms with van der Waals surface area (Å²) in [5.74, 6) is -1.25. The minimum Gasteiger partial charge on any atom is -0.409 e. The van der Waals surface area contributed by atoms with Crippen LogP contribution in [-0.2, 0) is 18.6 Å². The van der Waals surface area contributed by atoms with Crippen molar-refractivity contribution in [2.75, 3.05) is 0 Å². The van der Waals surface area contributed by atoms with Crippen LogP contribution >= 0.6 is 8.98 Å². The molecule has 0 aromatic rings. The van der Waals surface area contributed by atoms with Crippen LogP contribution in [0.2, 0.25) is 0 Å². The molecule has 9 heavy (non-hydrogen) atoms. The van der Waals surface area contributed by atoms with E-state index < -0.39 is 20.9 Å². The molecule has 0 fully saturated rings. The van der Waals surface area contributed by atoms with Crippen molar-refractivity contribution >= 4 is 20.9 Å². The molecule has 0 amide bonds. The molecule has 0 rings (SSSR count). The Hall–Kier alpha value is -0.630. The molecule has 0 saturated heterocycles. The molecule has 0 aliphatic heterocycles. The fourth-order valence-corrected chi connectivity index (χ4v) is 0.371. The van der Waals surface area contributed by atoms with Gasteiger partial charge in [0.1, 0.15) is 0 Å². The zero-order valence-electron chi connectivity index (χ0n) is 6.08. The van der Waals surface area contributed by atoms with Gasteiger partial charge < -0.3 is 9.05 Å². The van der Waals surface area contributed by atoms with Crippen LogP contribution in [0.4, 0.5) is 0 Å². The van der Waals surface area contributed by atoms with Gasteiger partial charge in [-0.2, -0.15) is 0 Å². The Labute approximate surface area is 55.8 Å². The van der Waals surface area contributed by atoms with Crippen molar-refractivity contribution in [1.82, 2.24) is 0 Å². The second-order valence-corrected chi connectivity index (χ2v) is 1.75. The van der Waals surface area contributed by atoms with E-state index in [2.05, 4.69) is 9.05 Å². The summed E-state index contributed by atoms with van der Waals surface area (Å²) in [4.78, 5) is 20.2. The summed E-state index contributed by atoms with van der Waals surface area (Å²) in [7, 11) is -2.11. The Morgan fingerprint density at radius 2 is 1.67 bits per heavy atom. The minimum absolute atomic E-state index is 0.623. The van der Waals surface area contributed by atoms with E-state index in [1.54, 1.807) is 0 Å². The second-order valence-electron chi connectivity index (χ2n) is 1.24. The molecule has 4 nitrogen and oxygen atoms in total. The van der Waals surface area contributed by atoms with Gasteiger partial charge in [-0.25, -0.2) is 0 Å². The van der Waals surface area contributed by atoms with Gasteiger partial charge in [0.2, 0.25) is 0 Å². The maximum Gasteiger partial charge on any atom is 0.307 e. The van der Waals surface area contributed by atoms with Crippen molar-refractivity contribution in [3.05, 3.63) is 0 Å². The average Bonchev–Trinajstić information content (AvgIpc) is 1.58. The normalized spacial score (nSPS) is 10.3. The minimum atomic E-state index is -2.11. The van der Waals surface area contributed by atoms with Crippen LogP contribution in [0.5, 0.6) is 0 Å². The van der Waals surface area contributed by atoms with E-state index in [4.69, 9.17) is 1.28 Å². The first-order valence-electron chi connectivity index (χ1n) is 2.63. The van der Waals surface area contributed by atoms with E-state index in [0.717, 1.165) is 13.8 Å². The average molecular weight is 151 g/mol. The standard InChI is InChI=1S/C4H7O4P/c1-3(5)7-9-8-4(2)6/h9H,1-2H3/i9D. The molecular weight excluding hydrogens is 143 g/mol. The molecule has 0 aromatic heterocycles. The first-order chi connectivity index (χ1) is 4.52. The highest BCUT2D eigenvalue weighted by Gasteiger charge is 1.94. The van der Waals surface area contributed by atoms with Crippen molar-refractivity contribution in [3.63, 3.8) is 0 Å². The van der Waals surface area contributed by atoms with Gasteiger partial charge in [0.15, 0.2) is 1.28 Å². The predicted octanol–water partition coefficient (Wildman–Crippen LogP) is 0.621. The van der Waals surface area contributed by atoms with Gasteiger partial charge in [-0.05, 0) is 0 Å². The lowest BCUT2D eigenvalue weighted by atomic mass is 10.9. The SMILES string of the molecule is [2H]P(OC(C)=O)OC(C)=O. The molecule has 0 saturated carbocycles. The Kier molecular flexibility index (Phi) is 3.08. The quantitative estimate of drug-likeness (QED) is 0.543. The van der Waals surface area contributed by atoms with Crippen molar-refractivity contribution in [2.45, 2.75) is 13.8 Å². The van der Waals surface area contributed by atoms with Crippen LogP contribution in [0.3, 0.4) is 0 Å². The summed E-state index contributed by atoms with van der Waals surface area (Å²) in [6.45, 7) is 2.29.